The first-order chi connectivity index (χ1) is 9.10. The summed E-state index contributed by atoms with van der Waals surface area (Å²) in [5.41, 5.74) is 0.860. The van der Waals surface area contributed by atoms with Crippen LogP contribution in [0, 0.1) is 5.82 Å². The molecular weight excluding hydrogens is 269 g/mol. The van der Waals surface area contributed by atoms with Crippen LogP contribution in [0.5, 0.6) is 0 Å². The zero-order chi connectivity index (χ0) is 13.8. The van der Waals surface area contributed by atoms with E-state index in [1.54, 1.807) is 16.9 Å². The Bertz CT molecular complexity index is 597. The number of amides is 1. The third-order valence-electron chi connectivity index (χ3n) is 2.61. The molecular formula is C13H13ClFN3O. The summed E-state index contributed by atoms with van der Waals surface area (Å²) in [7, 11) is 0. The van der Waals surface area contributed by atoms with Gasteiger partial charge in [-0.05, 0) is 25.1 Å². The minimum atomic E-state index is -0.444. The maximum Gasteiger partial charge on any atom is 0.251 e. The van der Waals surface area contributed by atoms with Gasteiger partial charge in [0.2, 0.25) is 0 Å². The van der Waals surface area contributed by atoms with Crippen molar-refractivity contribution in [2.75, 3.05) is 0 Å². The van der Waals surface area contributed by atoms with Gasteiger partial charge in [0.25, 0.3) is 5.91 Å². The second-order valence-corrected chi connectivity index (χ2v) is 4.38. The van der Waals surface area contributed by atoms with Crippen LogP contribution < -0.4 is 5.32 Å². The molecule has 1 N–H and O–H groups in total. The van der Waals surface area contributed by atoms with E-state index in [9.17, 15) is 9.18 Å². The van der Waals surface area contributed by atoms with E-state index in [4.69, 9.17) is 11.6 Å². The summed E-state index contributed by atoms with van der Waals surface area (Å²) in [6.07, 6.45) is 1.70. The second-order valence-electron chi connectivity index (χ2n) is 3.97. The van der Waals surface area contributed by atoms with Crippen molar-refractivity contribution in [3.63, 3.8) is 0 Å². The van der Waals surface area contributed by atoms with E-state index in [2.05, 4.69) is 10.4 Å². The molecule has 0 spiro atoms. The van der Waals surface area contributed by atoms with Crippen molar-refractivity contribution in [2.24, 2.45) is 0 Å². The standard InChI is InChI=1S/C13H13ClFN3O/c1-2-18-8-11(14)12(17-18)7-16-13(19)9-4-3-5-10(15)6-9/h3-6,8H,2,7H2,1H3,(H,16,19). The Morgan fingerprint density at radius 2 is 2.32 bits per heavy atom. The van der Waals surface area contributed by atoms with Crippen molar-refractivity contribution in [3.8, 4) is 0 Å². The first kappa shape index (κ1) is 13.5. The lowest BCUT2D eigenvalue weighted by molar-refractivity contribution is 0.0950. The van der Waals surface area contributed by atoms with E-state index >= 15 is 0 Å². The van der Waals surface area contributed by atoms with Gasteiger partial charge in [-0.1, -0.05) is 17.7 Å². The molecule has 1 amide bonds. The van der Waals surface area contributed by atoms with Gasteiger partial charge in [0.1, 0.15) is 11.5 Å². The highest BCUT2D eigenvalue weighted by atomic mass is 35.5. The summed E-state index contributed by atoms with van der Waals surface area (Å²) in [4.78, 5) is 11.8. The average molecular weight is 282 g/mol. The highest BCUT2D eigenvalue weighted by Gasteiger charge is 2.10. The largest absolute Gasteiger partial charge is 0.346 e. The van der Waals surface area contributed by atoms with Crippen molar-refractivity contribution in [3.05, 3.63) is 52.6 Å². The molecule has 0 saturated carbocycles. The molecule has 4 nitrogen and oxygen atoms in total. The molecule has 2 aromatic rings. The molecule has 19 heavy (non-hydrogen) atoms. The van der Waals surface area contributed by atoms with E-state index in [0.717, 1.165) is 0 Å². The molecule has 100 valence electrons. The van der Waals surface area contributed by atoms with Gasteiger partial charge in [0.15, 0.2) is 0 Å². The molecule has 0 atom stereocenters. The number of aromatic nitrogens is 2. The van der Waals surface area contributed by atoms with Crippen LogP contribution in [0.4, 0.5) is 4.39 Å². The van der Waals surface area contributed by atoms with Crippen molar-refractivity contribution in [1.82, 2.24) is 15.1 Å². The maximum absolute atomic E-state index is 13.0. The van der Waals surface area contributed by atoms with E-state index < -0.39 is 5.82 Å². The van der Waals surface area contributed by atoms with E-state index in [1.165, 1.54) is 18.2 Å². The monoisotopic (exact) mass is 281 g/mol. The number of rotatable bonds is 4. The fraction of sp³-hybridized carbons (Fsp3) is 0.231. The van der Waals surface area contributed by atoms with Gasteiger partial charge in [-0.25, -0.2) is 4.39 Å². The fourth-order valence-corrected chi connectivity index (χ4v) is 1.83. The number of hydrogen-bond acceptors (Lipinski definition) is 2. The lowest BCUT2D eigenvalue weighted by Crippen LogP contribution is -2.23. The second kappa shape index (κ2) is 5.84. The Labute approximate surface area is 115 Å². The summed E-state index contributed by atoms with van der Waals surface area (Å²) in [5, 5.41) is 7.36. The molecule has 0 unspecified atom stereocenters. The summed E-state index contributed by atoms with van der Waals surface area (Å²) < 4.78 is 14.7. The van der Waals surface area contributed by atoms with E-state index in [1.807, 2.05) is 6.92 Å². The van der Waals surface area contributed by atoms with Crippen LogP contribution in [0.3, 0.4) is 0 Å². The molecule has 0 aliphatic carbocycles. The van der Waals surface area contributed by atoms with Gasteiger partial charge in [-0.3, -0.25) is 9.48 Å². The first-order valence-corrected chi connectivity index (χ1v) is 6.23. The Balaban J connectivity index is 2.02. The van der Waals surface area contributed by atoms with Crippen LogP contribution in [0.25, 0.3) is 0 Å². The van der Waals surface area contributed by atoms with Crippen LogP contribution in [0.1, 0.15) is 23.0 Å². The van der Waals surface area contributed by atoms with Crippen molar-refractivity contribution in [1.29, 1.82) is 0 Å². The Morgan fingerprint density at radius 1 is 1.53 bits per heavy atom. The zero-order valence-electron chi connectivity index (χ0n) is 10.4. The molecule has 1 aromatic heterocycles. The number of halogens is 2. The number of carbonyl (C=O) groups excluding carboxylic acids is 1. The molecule has 0 aliphatic heterocycles. The van der Waals surface area contributed by atoms with Gasteiger partial charge < -0.3 is 5.32 Å². The lowest BCUT2D eigenvalue weighted by Gasteiger charge is -2.03. The Kier molecular flexibility index (Phi) is 4.16. The summed E-state index contributed by atoms with van der Waals surface area (Å²) in [6, 6.07) is 5.51. The molecule has 1 aromatic carbocycles. The molecule has 0 aliphatic rings. The summed E-state index contributed by atoms with van der Waals surface area (Å²) in [6.45, 7) is 2.86. The van der Waals surface area contributed by atoms with E-state index in [-0.39, 0.29) is 18.0 Å². The van der Waals surface area contributed by atoms with Crippen LogP contribution in [0.2, 0.25) is 5.02 Å². The van der Waals surface area contributed by atoms with Gasteiger partial charge in [0, 0.05) is 18.3 Å². The lowest BCUT2D eigenvalue weighted by atomic mass is 10.2. The van der Waals surface area contributed by atoms with Gasteiger partial charge in [-0.2, -0.15) is 5.10 Å². The highest BCUT2D eigenvalue weighted by molar-refractivity contribution is 6.31. The molecule has 0 bridgehead atoms. The van der Waals surface area contributed by atoms with Gasteiger partial charge in [-0.15, -0.1) is 0 Å². The van der Waals surface area contributed by atoms with Gasteiger partial charge >= 0.3 is 0 Å². The fourth-order valence-electron chi connectivity index (χ4n) is 1.61. The first-order valence-electron chi connectivity index (χ1n) is 5.85. The predicted octanol–water partition coefficient (Wildman–Crippen LogP) is 2.63. The number of hydrogen-bond donors (Lipinski definition) is 1. The Hall–Kier alpha value is -1.88. The van der Waals surface area contributed by atoms with Crippen LogP contribution >= 0.6 is 11.6 Å². The van der Waals surface area contributed by atoms with Gasteiger partial charge in [0.05, 0.1) is 11.6 Å². The van der Waals surface area contributed by atoms with Crippen LogP contribution in [0.15, 0.2) is 30.5 Å². The number of nitrogens with one attached hydrogen (secondary N) is 1. The third kappa shape index (κ3) is 3.32. The normalized spacial score (nSPS) is 10.5. The smallest absolute Gasteiger partial charge is 0.251 e. The molecule has 2 rings (SSSR count). The zero-order valence-corrected chi connectivity index (χ0v) is 11.1. The molecule has 0 fully saturated rings. The number of benzene rings is 1. The predicted molar refractivity (Wildman–Crippen MR) is 70.5 cm³/mol. The summed E-state index contributed by atoms with van der Waals surface area (Å²) >= 11 is 5.98. The minimum absolute atomic E-state index is 0.210. The van der Waals surface area contributed by atoms with Crippen molar-refractivity contribution in [2.45, 2.75) is 20.0 Å². The number of carbonyl (C=O) groups is 1. The quantitative estimate of drug-likeness (QED) is 0.936. The Morgan fingerprint density at radius 3 is 2.95 bits per heavy atom. The van der Waals surface area contributed by atoms with E-state index in [0.29, 0.717) is 17.3 Å². The topological polar surface area (TPSA) is 46.9 Å². The number of nitrogens with zero attached hydrogens (tertiary/aromatic N) is 2. The summed E-state index contributed by atoms with van der Waals surface area (Å²) in [5.74, 6) is -0.803. The maximum atomic E-state index is 13.0. The number of aryl methyl sites for hydroxylation is 1. The van der Waals surface area contributed by atoms with Crippen molar-refractivity contribution < 1.29 is 9.18 Å². The molecule has 1 heterocycles. The SMILES string of the molecule is CCn1cc(Cl)c(CNC(=O)c2cccc(F)c2)n1. The molecule has 6 heteroatoms. The van der Waals surface area contributed by atoms with Crippen molar-refractivity contribution >= 4 is 17.5 Å². The van der Waals surface area contributed by atoms with Crippen LogP contribution in [-0.2, 0) is 13.1 Å². The minimum Gasteiger partial charge on any atom is -0.346 e. The average Bonchev–Trinajstić information content (AvgIpc) is 2.76. The highest BCUT2D eigenvalue weighted by Crippen LogP contribution is 2.13. The van der Waals surface area contributed by atoms with Crippen LogP contribution in [-0.4, -0.2) is 15.7 Å². The molecule has 0 saturated heterocycles. The third-order valence-corrected chi connectivity index (χ3v) is 2.93. The molecule has 0 radical (unpaired) electrons.